The summed E-state index contributed by atoms with van der Waals surface area (Å²) < 4.78 is 19.5. The van der Waals surface area contributed by atoms with E-state index in [0.29, 0.717) is 12.0 Å². The zero-order valence-electron chi connectivity index (χ0n) is 20.5. The highest BCUT2D eigenvalue weighted by atomic mass is 16.6. The summed E-state index contributed by atoms with van der Waals surface area (Å²) in [5.74, 6) is 2.03. The van der Waals surface area contributed by atoms with E-state index in [9.17, 15) is 5.11 Å². The molecule has 7 rings (SSSR count). The Morgan fingerprint density at radius 1 is 1.25 bits per heavy atom. The van der Waals surface area contributed by atoms with Crippen LogP contribution in [-0.2, 0) is 10.2 Å². The minimum atomic E-state index is -0.907. The molecule has 7 atom stereocenters. The third-order valence-electron chi connectivity index (χ3n) is 10.4. The Labute approximate surface area is 191 Å². The topological polar surface area (TPSA) is 51.2 Å². The lowest BCUT2D eigenvalue weighted by molar-refractivity contribution is -0.285. The fourth-order valence-electron chi connectivity index (χ4n) is 9.37. The van der Waals surface area contributed by atoms with E-state index < -0.39 is 16.8 Å². The Balaban J connectivity index is 1.78. The number of hydrogen-bond donors (Lipinski definition) is 1. The lowest BCUT2D eigenvalue weighted by Crippen LogP contribution is -2.85. The summed E-state index contributed by atoms with van der Waals surface area (Å²) in [6, 6.07) is 4.73. The molecule has 1 saturated heterocycles. The Morgan fingerprint density at radius 3 is 2.62 bits per heavy atom. The summed E-state index contributed by atoms with van der Waals surface area (Å²) in [5.41, 5.74) is 0.149. The molecule has 1 N–H and O–H groups in total. The molecule has 5 nitrogen and oxygen atoms in total. The van der Waals surface area contributed by atoms with E-state index in [0.717, 1.165) is 37.3 Å². The highest BCUT2D eigenvalue weighted by Crippen LogP contribution is 2.80. The molecule has 2 fully saturated rings. The number of hydrogen-bond acceptors (Lipinski definition) is 5. The predicted molar refractivity (Wildman–Crippen MR) is 123 cm³/mol. The van der Waals surface area contributed by atoms with Crippen LogP contribution < -0.4 is 9.47 Å². The second-order valence-corrected chi connectivity index (χ2v) is 11.6. The van der Waals surface area contributed by atoms with Crippen LogP contribution in [0.15, 0.2) is 24.3 Å². The first-order valence-electron chi connectivity index (χ1n) is 12.2. The summed E-state index contributed by atoms with van der Waals surface area (Å²) in [6.07, 6.45) is 7.71. The molecule has 0 radical (unpaired) electrons. The van der Waals surface area contributed by atoms with Gasteiger partial charge in [0, 0.05) is 36.0 Å². The predicted octanol–water partition coefficient (Wildman–Crippen LogP) is 4.03. The van der Waals surface area contributed by atoms with Crippen LogP contribution in [0, 0.1) is 11.3 Å². The zero-order chi connectivity index (χ0) is 22.9. The van der Waals surface area contributed by atoms with Crippen molar-refractivity contribution in [2.45, 2.75) is 81.1 Å². The molecule has 1 aromatic carbocycles. The highest BCUT2D eigenvalue weighted by Gasteiger charge is 2.85. The standard InChI is InChI=1S/C27H37NO4/c1-8-16-17-9-10-18(30-6)21-20(17)26-13-14-28(5)22(16)25(26)11-12-27(31-7,24(26,4)32-21)19(15-25)23(2,3)29/h9-12,16,19,22,29H,8,13-15H2,1-7H3/t16-,19+,22-,24+,25?,26+,27?/m1/s1. The van der Waals surface area contributed by atoms with Crippen molar-refractivity contribution >= 4 is 0 Å². The van der Waals surface area contributed by atoms with Gasteiger partial charge in [0.05, 0.1) is 18.1 Å². The van der Waals surface area contributed by atoms with Crippen LogP contribution in [0.25, 0.3) is 0 Å². The number of methoxy groups -OCH3 is 2. The van der Waals surface area contributed by atoms with E-state index in [4.69, 9.17) is 14.2 Å². The number of likely N-dealkylation sites (tertiary alicyclic amines) is 1. The molecule has 5 heteroatoms. The SMILES string of the molecule is CC[C@@H]1c2ccc(OC)c3c2[C@]24CCN(C)[C@H]1C21C=CC(OC)([C@H](C(C)(C)O)C1)[C@@]4(C)O3. The fraction of sp³-hybridized carbons (Fsp3) is 0.704. The lowest BCUT2D eigenvalue weighted by Gasteiger charge is -2.76. The van der Waals surface area contributed by atoms with Crippen LogP contribution in [-0.4, -0.2) is 60.7 Å². The van der Waals surface area contributed by atoms with Crippen LogP contribution >= 0.6 is 0 Å². The summed E-state index contributed by atoms with van der Waals surface area (Å²) in [5, 5.41) is 11.5. The van der Waals surface area contributed by atoms with E-state index in [1.165, 1.54) is 11.1 Å². The number of piperidine rings is 1. The summed E-state index contributed by atoms with van der Waals surface area (Å²) in [7, 11) is 5.81. The number of aliphatic hydroxyl groups is 1. The van der Waals surface area contributed by atoms with Gasteiger partial charge in [-0.25, -0.2) is 0 Å². The maximum atomic E-state index is 11.5. The minimum absolute atomic E-state index is 0.0866. The molecule has 0 aromatic heterocycles. The average Bonchev–Trinajstić information content (AvgIpc) is 3.05. The second kappa shape index (κ2) is 5.92. The Hall–Kier alpha value is -1.56. The van der Waals surface area contributed by atoms with Crippen LogP contribution in [0.2, 0.25) is 0 Å². The Morgan fingerprint density at radius 2 is 2.00 bits per heavy atom. The molecule has 174 valence electrons. The molecule has 1 saturated carbocycles. The fourth-order valence-corrected chi connectivity index (χ4v) is 9.37. The minimum Gasteiger partial charge on any atom is -0.493 e. The van der Waals surface area contributed by atoms with E-state index in [2.05, 4.69) is 50.1 Å². The molecular formula is C27H37NO4. The molecule has 32 heavy (non-hydrogen) atoms. The molecule has 2 aliphatic heterocycles. The van der Waals surface area contributed by atoms with E-state index in [-0.39, 0.29) is 16.7 Å². The van der Waals surface area contributed by atoms with Crippen molar-refractivity contribution in [1.29, 1.82) is 0 Å². The average molecular weight is 440 g/mol. The Kier molecular flexibility index (Phi) is 3.88. The molecule has 2 unspecified atom stereocenters. The van der Waals surface area contributed by atoms with Gasteiger partial charge in [0.15, 0.2) is 11.5 Å². The molecule has 6 aliphatic rings. The van der Waals surface area contributed by atoms with Crippen LogP contribution in [0.1, 0.15) is 64.0 Å². The first kappa shape index (κ1) is 21.0. The smallest absolute Gasteiger partial charge is 0.166 e. The molecular weight excluding hydrogens is 402 g/mol. The number of benzene rings is 1. The van der Waals surface area contributed by atoms with Crippen molar-refractivity contribution in [1.82, 2.24) is 4.90 Å². The van der Waals surface area contributed by atoms with Crippen molar-refractivity contribution in [3.8, 4) is 11.5 Å². The van der Waals surface area contributed by atoms with Gasteiger partial charge >= 0.3 is 0 Å². The molecule has 4 bridgehead atoms. The molecule has 0 amide bonds. The maximum Gasteiger partial charge on any atom is 0.166 e. The van der Waals surface area contributed by atoms with Crippen molar-refractivity contribution in [2.24, 2.45) is 11.3 Å². The molecule has 2 heterocycles. The monoisotopic (exact) mass is 439 g/mol. The van der Waals surface area contributed by atoms with Crippen molar-refractivity contribution in [3.63, 3.8) is 0 Å². The van der Waals surface area contributed by atoms with Crippen molar-refractivity contribution in [2.75, 3.05) is 27.8 Å². The lowest BCUT2D eigenvalue weighted by atomic mass is 9.31. The molecule has 1 aromatic rings. The molecule has 2 spiro atoms. The van der Waals surface area contributed by atoms with Gasteiger partial charge in [-0.05, 0) is 65.3 Å². The number of likely N-dealkylation sites (N-methyl/N-ethyl adjacent to an activating group) is 1. The van der Waals surface area contributed by atoms with Crippen LogP contribution in [0.3, 0.4) is 0 Å². The van der Waals surface area contributed by atoms with E-state index in [1.54, 1.807) is 14.2 Å². The van der Waals surface area contributed by atoms with Crippen LogP contribution in [0.4, 0.5) is 0 Å². The van der Waals surface area contributed by atoms with Crippen LogP contribution in [0.5, 0.6) is 11.5 Å². The van der Waals surface area contributed by atoms with Gasteiger partial charge in [-0.3, -0.25) is 0 Å². The van der Waals surface area contributed by atoms with Crippen molar-refractivity contribution < 1.29 is 19.3 Å². The number of fused-ring (bicyclic) bond motifs is 1. The third-order valence-corrected chi connectivity index (χ3v) is 10.4. The molecule has 4 aliphatic carbocycles. The van der Waals surface area contributed by atoms with Gasteiger partial charge < -0.3 is 24.2 Å². The third kappa shape index (κ3) is 1.82. The largest absolute Gasteiger partial charge is 0.493 e. The quantitative estimate of drug-likeness (QED) is 0.718. The van der Waals surface area contributed by atoms with Gasteiger partial charge in [-0.15, -0.1) is 0 Å². The van der Waals surface area contributed by atoms with Gasteiger partial charge in [-0.1, -0.05) is 25.1 Å². The van der Waals surface area contributed by atoms with Gasteiger partial charge in [-0.2, -0.15) is 0 Å². The van der Waals surface area contributed by atoms with E-state index >= 15 is 0 Å². The maximum absolute atomic E-state index is 11.5. The first-order chi connectivity index (χ1) is 15.1. The van der Waals surface area contributed by atoms with Gasteiger partial charge in [0.1, 0.15) is 11.2 Å². The summed E-state index contributed by atoms with van der Waals surface area (Å²) in [4.78, 5) is 2.59. The summed E-state index contributed by atoms with van der Waals surface area (Å²) in [6.45, 7) is 9.47. The number of rotatable bonds is 4. The zero-order valence-corrected chi connectivity index (χ0v) is 20.5. The summed E-state index contributed by atoms with van der Waals surface area (Å²) >= 11 is 0. The second-order valence-electron chi connectivity index (χ2n) is 11.6. The van der Waals surface area contributed by atoms with E-state index in [1.807, 2.05) is 13.8 Å². The normalized spacial score (nSPS) is 45.6. The first-order valence-corrected chi connectivity index (χ1v) is 12.2. The number of ether oxygens (including phenoxy) is 3. The highest BCUT2D eigenvalue weighted by molar-refractivity contribution is 5.68. The Bertz CT molecular complexity index is 1030. The van der Waals surface area contributed by atoms with Gasteiger partial charge in [0.25, 0.3) is 0 Å². The number of nitrogens with zero attached hydrogens (tertiary/aromatic N) is 1. The van der Waals surface area contributed by atoms with Crippen molar-refractivity contribution in [3.05, 3.63) is 35.4 Å². The van der Waals surface area contributed by atoms with Gasteiger partial charge in [0.2, 0.25) is 0 Å².